The highest BCUT2D eigenvalue weighted by atomic mass is 32.2. The summed E-state index contributed by atoms with van der Waals surface area (Å²) in [6.45, 7) is 6.95. The van der Waals surface area contributed by atoms with Crippen molar-refractivity contribution in [3.8, 4) is 0 Å². The van der Waals surface area contributed by atoms with E-state index in [1.165, 1.54) is 24.3 Å². The molecule has 1 aliphatic heterocycles. The topological polar surface area (TPSA) is 0 Å². The Balaban J connectivity index is 1.89. The van der Waals surface area contributed by atoms with E-state index in [1.54, 1.807) is 11.1 Å². The molecule has 3 atom stereocenters. The number of hydrogen-bond donors (Lipinski definition) is 0. The summed E-state index contributed by atoms with van der Waals surface area (Å²) in [6, 6.07) is 0. The van der Waals surface area contributed by atoms with Crippen LogP contribution in [0.15, 0.2) is 23.3 Å². The third kappa shape index (κ3) is 1.74. The van der Waals surface area contributed by atoms with E-state index in [9.17, 15) is 0 Å². The van der Waals surface area contributed by atoms with Crippen molar-refractivity contribution < 1.29 is 0 Å². The molecule has 3 fully saturated rings. The zero-order valence-corrected chi connectivity index (χ0v) is 12.7. The second-order valence-corrected chi connectivity index (χ2v) is 8.93. The highest BCUT2D eigenvalue weighted by molar-refractivity contribution is 8.21. The van der Waals surface area contributed by atoms with Gasteiger partial charge in [-0.1, -0.05) is 12.2 Å². The molecule has 94 valence electrons. The fourth-order valence-corrected chi connectivity index (χ4v) is 7.45. The smallest absolute Gasteiger partial charge is 0.0617 e. The lowest BCUT2D eigenvalue weighted by atomic mass is 9.79. The van der Waals surface area contributed by atoms with Gasteiger partial charge in [-0.3, -0.25) is 0 Å². The number of allylic oxidation sites excluding steroid dienone is 4. The summed E-state index contributed by atoms with van der Waals surface area (Å²) < 4.78 is 0.507. The number of rotatable bonds is 1. The summed E-state index contributed by atoms with van der Waals surface area (Å²) in [4.78, 5) is 0. The molecular formula is C15H22S2. The molecule has 0 radical (unpaired) electrons. The minimum Gasteiger partial charge on any atom is -0.143 e. The third-order valence-corrected chi connectivity index (χ3v) is 8.43. The van der Waals surface area contributed by atoms with Gasteiger partial charge in [0, 0.05) is 11.5 Å². The Labute approximate surface area is 114 Å². The Morgan fingerprint density at radius 3 is 2.29 bits per heavy atom. The molecule has 2 saturated carbocycles. The summed E-state index contributed by atoms with van der Waals surface area (Å²) in [5.41, 5.74) is 3.36. The van der Waals surface area contributed by atoms with Gasteiger partial charge in [0.1, 0.15) is 0 Å². The van der Waals surface area contributed by atoms with Gasteiger partial charge in [0.25, 0.3) is 0 Å². The Hall–Kier alpha value is 0.180. The highest BCUT2D eigenvalue weighted by Gasteiger charge is 2.53. The summed E-state index contributed by atoms with van der Waals surface area (Å²) >= 11 is 4.44. The average molecular weight is 266 g/mol. The summed E-state index contributed by atoms with van der Waals surface area (Å²) in [7, 11) is 0. The molecule has 17 heavy (non-hydrogen) atoms. The first-order valence-corrected chi connectivity index (χ1v) is 8.77. The molecule has 0 N–H and O–H groups in total. The van der Waals surface area contributed by atoms with Gasteiger partial charge in [0.15, 0.2) is 0 Å². The molecule has 0 aromatic rings. The quantitative estimate of drug-likeness (QED) is 0.673. The summed E-state index contributed by atoms with van der Waals surface area (Å²) in [6.07, 6.45) is 7.63. The molecule has 2 aliphatic carbocycles. The number of hydrogen-bond acceptors (Lipinski definition) is 2. The van der Waals surface area contributed by atoms with Crippen LogP contribution in [0.2, 0.25) is 0 Å². The van der Waals surface area contributed by atoms with Crippen molar-refractivity contribution >= 4 is 23.5 Å². The minimum absolute atomic E-state index is 0.507. The summed E-state index contributed by atoms with van der Waals surface area (Å²) in [5.74, 6) is 5.37. The van der Waals surface area contributed by atoms with E-state index in [0.29, 0.717) is 4.08 Å². The van der Waals surface area contributed by atoms with Gasteiger partial charge in [-0.05, 0) is 62.5 Å². The van der Waals surface area contributed by atoms with E-state index in [1.807, 2.05) is 0 Å². The fraction of sp³-hybridized carbons (Fsp3) is 0.733. The molecule has 2 bridgehead atoms. The van der Waals surface area contributed by atoms with Crippen molar-refractivity contribution in [2.24, 2.45) is 17.8 Å². The van der Waals surface area contributed by atoms with Crippen LogP contribution in [-0.4, -0.2) is 15.6 Å². The van der Waals surface area contributed by atoms with E-state index in [4.69, 9.17) is 0 Å². The van der Waals surface area contributed by atoms with Crippen LogP contribution < -0.4 is 0 Å². The molecule has 0 amide bonds. The molecule has 0 aromatic carbocycles. The molecule has 2 heteroatoms. The van der Waals surface area contributed by atoms with Gasteiger partial charge in [-0.15, -0.1) is 23.5 Å². The van der Waals surface area contributed by atoms with Gasteiger partial charge >= 0.3 is 0 Å². The van der Waals surface area contributed by atoms with E-state index in [2.05, 4.69) is 56.4 Å². The first-order valence-electron chi connectivity index (χ1n) is 6.80. The molecular weight excluding hydrogens is 244 g/mol. The summed E-state index contributed by atoms with van der Waals surface area (Å²) in [5, 5.41) is 0. The second-order valence-electron chi connectivity index (χ2n) is 5.58. The maximum absolute atomic E-state index is 2.50. The van der Waals surface area contributed by atoms with E-state index < -0.39 is 0 Å². The van der Waals surface area contributed by atoms with Crippen LogP contribution in [0, 0.1) is 17.8 Å². The fourth-order valence-electron chi connectivity index (χ4n) is 4.19. The molecule has 3 rings (SSSR count). The second kappa shape index (κ2) is 4.38. The zero-order chi connectivity index (χ0) is 12.0. The molecule has 0 nitrogen and oxygen atoms in total. The Bertz CT molecular complexity index is 374. The molecule has 3 aliphatic rings. The normalized spacial score (nSPS) is 44.1. The lowest BCUT2D eigenvalue weighted by molar-refractivity contribution is 0.404. The molecule has 3 unspecified atom stereocenters. The van der Waals surface area contributed by atoms with Gasteiger partial charge in [0.2, 0.25) is 0 Å². The van der Waals surface area contributed by atoms with E-state index in [0.717, 1.165) is 17.8 Å². The standard InChI is InChI=1S/C15H22S2/c1-4-11-10-8-13(12(11)5-2)14(9-10)15(3)16-6-7-17-15/h4-5,10,13-14H,6-9H2,1-3H3/b11-4?,12-5+. The largest absolute Gasteiger partial charge is 0.143 e. The number of thioether (sulfide) groups is 2. The highest BCUT2D eigenvalue weighted by Crippen LogP contribution is 2.63. The Morgan fingerprint density at radius 1 is 1.06 bits per heavy atom. The predicted octanol–water partition coefficient (Wildman–Crippen LogP) is 4.73. The van der Waals surface area contributed by atoms with Crippen LogP contribution in [0.5, 0.6) is 0 Å². The lowest BCUT2D eigenvalue weighted by Gasteiger charge is -2.37. The van der Waals surface area contributed by atoms with Gasteiger partial charge in [0.05, 0.1) is 4.08 Å². The lowest BCUT2D eigenvalue weighted by Crippen LogP contribution is -2.31. The van der Waals surface area contributed by atoms with Crippen LogP contribution in [-0.2, 0) is 0 Å². The maximum Gasteiger partial charge on any atom is 0.0617 e. The first-order chi connectivity index (χ1) is 8.19. The van der Waals surface area contributed by atoms with E-state index in [-0.39, 0.29) is 0 Å². The Morgan fingerprint density at radius 2 is 1.71 bits per heavy atom. The van der Waals surface area contributed by atoms with Crippen molar-refractivity contribution in [3.63, 3.8) is 0 Å². The minimum atomic E-state index is 0.507. The van der Waals surface area contributed by atoms with Gasteiger partial charge in [-0.2, -0.15) is 0 Å². The van der Waals surface area contributed by atoms with Crippen LogP contribution in [0.1, 0.15) is 33.6 Å². The van der Waals surface area contributed by atoms with Crippen molar-refractivity contribution in [1.29, 1.82) is 0 Å². The monoisotopic (exact) mass is 266 g/mol. The van der Waals surface area contributed by atoms with Crippen LogP contribution in [0.25, 0.3) is 0 Å². The first kappa shape index (κ1) is 12.2. The molecule has 0 spiro atoms. The van der Waals surface area contributed by atoms with Crippen LogP contribution in [0.4, 0.5) is 0 Å². The Kier molecular flexibility index (Phi) is 3.15. The zero-order valence-electron chi connectivity index (χ0n) is 11.0. The van der Waals surface area contributed by atoms with Crippen molar-refractivity contribution in [2.75, 3.05) is 11.5 Å². The number of fused-ring (bicyclic) bond motifs is 2. The van der Waals surface area contributed by atoms with Crippen molar-refractivity contribution in [3.05, 3.63) is 23.3 Å². The SMILES string of the molecule is CC=C1/C(=C\C)C2CC1CC2C1(C)SCCS1. The van der Waals surface area contributed by atoms with Crippen molar-refractivity contribution in [1.82, 2.24) is 0 Å². The predicted molar refractivity (Wildman–Crippen MR) is 80.5 cm³/mol. The maximum atomic E-state index is 2.50. The van der Waals surface area contributed by atoms with E-state index >= 15 is 0 Å². The van der Waals surface area contributed by atoms with Gasteiger partial charge < -0.3 is 0 Å². The van der Waals surface area contributed by atoms with Gasteiger partial charge in [-0.25, -0.2) is 0 Å². The van der Waals surface area contributed by atoms with Crippen molar-refractivity contribution in [2.45, 2.75) is 37.7 Å². The molecule has 1 saturated heterocycles. The molecule has 1 heterocycles. The van der Waals surface area contributed by atoms with Crippen LogP contribution >= 0.6 is 23.5 Å². The van der Waals surface area contributed by atoms with Crippen LogP contribution in [0.3, 0.4) is 0 Å². The molecule has 0 aromatic heterocycles. The third-order valence-electron chi connectivity index (χ3n) is 4.89. The average Bonchev–Trinajstić information content (AvgIpc) is 3.01.